The molecule has 318 valence electrons. The summed E-state index contributed by atoms with van der Waals surface area (Å²) in [6.07, 6.45) is 15.9. The predicted molar refractivity (Wildman–Crippen MR) is 247 cm³/mol. The Morgan fingerprint density at radius 3 is 1.56 bits per heavy atom. The van der Waals surface area contributed by atoms with Crippen LogP contribution in [0.25, 0.3) is 22.3 Å². The van der Waals surface area contributed by atoms with Gasteiger partial charge in [0.2, 0.25) is 0 Å². The van der Waals surface area contributed by atoms with Gasteiger partial charge in [-0.05, 0) is 83.4 Å². The van der Waals surface area contributed by atoms with E-state index in [1.165, 1.54) is 49.7 Å². The molecule has 6 rings (SSSR count). The van der Waals surface area contributed by atoms with E-state index in [4.69, 9.17) is 9.47 Å². The standard InChI is InChI=1S/C28H38O2.C27H36O2/c1-5-6-20-30-28(26(29)19-10-8-7-9-14-21(2)3)25-18-12-11-16-23(25)24-17-13-15-22(4)27(24)28;1-4-19-29-20-27(26(28)18-8-6-5-7-13-21(2)3)24-16-11-9-14-22(24)23-15-10-12-17-25(23)27/h11-13,15-18,21H,5-10,14,19-20H2,1-4H3;9-12,14-17,21H,4-8,13,18-20H2,1-3H3. The summed E-state index contributed by atoms with van der Waals surface area (Å²) in [5.41, 5.74) is 8.61. The van der Waals surface area contributed by atoms with Crippen LogP contribution in [0.5, 0.6) is 0 Å². The lowest BCUT2D eigenvalue weighted by atomic mass is 9.73. The summed E-state index contributed by atoms with van der Waals surface area (Å²) in [6, 6.07) is 31.5. The van der Waals surface area contributed by atoms with E-state index >= 15 is 0 Å². The van der Waals surface area contributed by atoms with Crippen molar-refractivity contribution in [2.24, 2.45) is 11.8 Å². The first kappa shape index (κ1) is 46.2. The van der Waals surface area contributed by atoms with E-state index in [2.05, 4.69) is 133 Å². The van der Waals surface area contributed by atoms with Crippen LogP contribution < -0.4 is 0 Å². The summed E-state index contributed by atoms with van der Waals surface area (Å²) < 4.78 is 12.6. The molecule has 2 aliphatic rings. The summed E-state index contributed by atoms with van der Waals surface area (Å²) in [7, 11) is 0. The lowest BCUT2D eigenvalue weighted by Crippen LogP contribution is -2.40. The van der Waals surface area contributed by atoms with E-state index in [9.17, 15) is 9.59 Å². The molecule has 0 heterocycles. The minimum Gasteiger partial charge on any atom is -0.380 e. The van der Waals surface area contributed by atoms with Crippen LogP contribution in [-0.4, -0.2) is 31.4 Å². The number of ether oxygens (including phenoxy) is 2. The minimum absolute atomic E-state index is 0.225. The fraction of sp³-hybridized carbons (Fsp3) is 0.527. The SMILES string of the molecule is CCCCOC1(C(=O)CCCCCCC(C)C)c2ccccc2-c2cccc(C)c21.CCCOCC1(C(=O)CCCCCCC(C)C)c2ccccc2-c2ccccc21. The molecule has 0 aromatic heterocycles. The van der Waals surface area contributed by atoms with Crippen molar-refractivity contribution in [2.75, 3.05) is 19.8 Å². The number of unbranched alkanes of at least 4 members (excludes halogenated alkanes) is 7. The van der Waals surface area contributed by atoms with Gasteiger partial charge in [0.05, 0.1) is 6.61 Å². The van der Waals surface area contributed by atoms with Gasteiger partial charge >= 0.3 is 0 Å². The second kappa shape index (κ2) is 22.7. The molecule has 0 fully saturated rings. The Morgan fingerprint density at radius 2 is 1.02 bits per heavy atom. The van der Waals surface area contributed by atoms with Gasteiger partial charge in [-0.3, -0.25) is 9.59 Å². The van der Waals surface area contributed by atoms with Crippen LogP contribution in [0.2, 0.25) is 0 Å². The Morgan fingerprint density at radius 1 is 0.525 bits per heavy atom. The summed E-state index contributed by atoms with van der Waals surface area (Å²) >= 11 is 0. The number of carbonyl (C=O) groups is 2. The van der Waals surface area contributed by atoms with Gasteiger partial charge in [-0.2, -0.15) is 0 Å². The van der Waals surface area contributed by atoms with Gasteiger partial charge in [-0.1, -0.05) is 190 Å². The molecule has 59 heavy (non-hydrogen) atoms. The van der Waals surface area contributed by atoms with Crippen molar-refractivity contribution in [1.82, 2.24) is 0 Å². The van der Waals surface area contributed by atoms with Crippen molar-refractivity contribution in [3.63, 3.8) is 0 Å². The third-order valence-corrected chi connectivity index (χ3v) is 12.5. The van der Waals surface area contributed by atoms with Gasteiger partial charge < -0.3 is 9.47 Å². The number of carbonyl (C=O) groups excluding carboxylic acids is 2. The fourth-order valence-corrected chi connectivity index (χ4v) is 9.41. The number of aryl methyl sites for hydroxylation is 1. The number of benzene rings is 4. The van der Waals surface area contributed by atoms with Crippen LogP contribution in [-0.2, 0) is 30.1 Å². The third-order valence-electron chi connectivity index (χ3n) is 12.5. The fourth-order valence-electron chi connectivity index (χ4n) is 9.41. The zero-order valence-electron chi connectivity index (χ0n) is 37.7. The molecule has 0 N–H and O–H groups in total. The molecule has 4 heteroatoms. The van der Waals surface area contributed by atoms with Crippen LogP contribution in [0.1, 0.15) is 166 Å². The maximum atomic E-state index is 13.9. The van der Waals surface area contributed by atoms with Gasteiger partial charge in [0.1, 0.15) is 11.2 Å². The van der Waals surface area contributed by atoms with Gasteiger partial charge in [0.15, 0.2) is 11.4 Å². The van der Waals surface area contributed by atoms with Gasteiger partial charge in [-0.25, -0.2) is 0 Å². The van der Waals surface area contributed by atoms with Crippen molar-refractivity contribution < 1.29 is 19.1 Å². The molecular formula is C55H74O4. The molecule has 0 saturated heterocycles. The Bertz CT molecular complexity index is 1890. The van der Waals surface area contributed by atoms with E-state index < -0.39 is 11.0 Å². The van der Waals surface area contributed by atoms with Crippen LogP contribution >= 0.6 is 0 Å². The van der Waals surface area contributed by atoms with Gasteiger partial charge in [0, 0.05) is 37.2 Å². The molecule has 4 aromatic carbocycles. The number of hydrogen-bond acceptors (Lipinski definition) is 4. The minimum atomic E-state index is -0.940. The molecule has 0 aliphatic heterocycles. The highest BCUT2D eigenvalue weighted by molar-refractivity contribution is 6.02. The molecular weight excluding hydrogens is 725 g/mol. The molecule has 0 spiro atoms. The summed E-state index contributed by atoms with van der Waals surface area (Å²) in [5, 5.41) is 0. The predicted octanol–water partition coefficient (Wildman–Crippen LogP) is 14.5. The molecule has 1 atom stereocenters. The summed E-state index contributed by atoms with van der Waals surface area (Å²) in [4.78, 5) is 27.6. The highest BCUT2D eigenvalue weighted by Gasteiger charge is 2.51. The number of Topliss-reactive ketones (excluding diaryl/α,β-unsaturated/α-hetero) is 2. The quantitative estimate of drug-likeness (QED) is 0.0663. The van der Waals surface area contributed by atoms with Crippen LogP contribution in [0, 0.1) is 18.8 Å². The summed E-state index contributed by atoms with van der Waals surface area (Å²) in [5.74, 6) is 2.07. The van der Waals surface area contributed by atoms with E-state index in [1.807, 2.05) is 6.07 Å². The maximum absolute atomic E-state index is 13.9. The van der Waals surface area contributed by atoms with Crippen molar-refractivity contribution in [1.29, 1.82) is 0 Å². The summed E-state index contributed by atoms with van der Waals surface area (Å²) in [6.45, 7) is 17.2. The van der Waals surface area contributed by atoms with E-state index in [1.54, 1.807) is 0 Å². The number of rotatable bonds is 24. The topological polar surface area (TPSA) is 52.6 Å². The van der Waals surface area contributed by atoms with Gasteiger partial charge in [0.25, 0.3) is 0 Å². The first-order chi connectivity index (χ1) is 28.6. The van der Waals surface area contributed by atoms with E-state index in [0.29, 0.717) is 38.4 Å². The second-order valence-corrected chi connectivity index (χ2v) is 18.0. The van der Waals surface area contributed by atoms with Crippen LogP contribution in [0.15, 0.2) is 91.0 Å². The largest absolute Gasteiger partial charge is 0.380 e. The van der Waals surface area contributed by atoms with Crippen molar-refractivity contribution in [2.45, 2.75) is 156 Å². The highest BCUT2D eigenvalue weighted by atomic mass is 16.5. The number of fused-ring (bicyclic) bond motifs is 6. The normalized spacial score (nSPS) is 15.7. The van der Waals surface area contributed by atoms with Crippen molar-refractivity contribution in [3.8, 4) is 22.3 Å². The van der Waals surface area contributed by atoms with Crippen molar-refractivity contribution >= 4 is 11.6 Å². The van der Waals surface area contributed by atoms with Gasteiger partial charge in [-0.15, -0.1) is 0 Å². The average Bonchev–Trinajstić information content (AvgIpc) is 3.70. The first-order valence-corrected chi connectivity index (χ1v) is 23.3. The first-order valence-electron chi connectivity index (χ1n) is 23.3. The average molecular weight is 799 g/mol. The molecule has 0 bridgehead atoms. The van der Waals surface area contributed by atoms with Crippen LogP contribution in [0.4, 0.5) is 0 Å². The zero-order chi connectivity index (χ0) is 42.3. The number of hydrogen-bond donors (Lipinski definition) is 0. The highest BCUT2D eigenvalue weighted by Crippen LogP contribution is 2.53. The molecule has 4 aromatic rings. The van der Waals surface area contributed by atoms with Crippen LogP contribution in [0.3, 0.4) is 0 Å². The Balaban J connectivity index is 0.000000224. The van der Waals surface area contributed by atoms with E-state index in [-0.39, 0.29) is 5.78 Å². The maximum Gasteiger partial charge on any atom is 0.177 e. The Kier molecular flexibility index (Phi) is 17.7. The third kappa shape index (κ3) is 10.7. The van der Waals surface area contributed by atoms with E-state index in [0.717, 1.165) is 95.7 Å². The lowest BCUT2D eigenvalue weighted by molar-refractivity contribution is -0.140. The Hall–Kier alpha value is -3.86. The zero-order valence-corrected chi connectivity index (χ0v) is 37.7. The lowest BCUT2D eigenvalue weighted by Gasteiger charge is -2.32. The number of ketones is 2. The molecule has 0 amide bonds. The molecule has 1 unspecified atom stereocenters. The molecule has 4 nitrogen and oxygen atoms in total. The monoisotopic (exact) mass is 799 g/mol. The smallest absolute Gasteiger partial charge is 0.177 e. The van der Waals surface area contributed by atoms with Crippen molar-refractivity contribution in [3.05, 3.63) is 119 Å². The second-order valence-electron chi connectivity index (χ2n) is 18.0. The Labute approximate surface area is 357 Å². The molecule has 0 saturated carbocycles. The molecule has 2 aliphatic carbocycles. The molecule has 0 radical (unpaired) electrons.